The molecule has 1 rings (SSSR count). The van der Waals surface area contributed by atoms with Crippen molar-refractivity contribution in [2.75, 3.05) is 6.61 Å². The van der Waals surface area contributed by atoms with Crippen molar-refractivity contribution in [2.24, 2.45) is 0 Å². The largest absolute Gasteiger partial charge is 0.366 e. The van der Waals surface area contributed by atoms with Crippen LogP contribution < -0.4 is 0 Å². The van der Waals surface area contributed by atoms with E-state index in [1.54, 1.807) is 0 Å². The van der Waals surface area contributed by atoms with Crippen LogP contribution in [0.3, 0.4) is 0 Å². The molecule has 1 heterocycles. The van der Waals surface area contributed by atoms with E-state index in [2.05, 4.69) is 31.9 Å². The van der Waals surface area contributed by atoms with Crippen LogP contribution in [0.25, 0.3) is 0 Å². The van der Waals surface area contributed by atoms with Gasteiger partial charge in [0.25, 0.3) is 0 Å². The Morgan fingerprint density at radius 2 is 2.12 bits per heavy atom. The fourth-order valence-corrected chi connectivity index (χ4v) is 1.64. The molecule has 1 nitrogen and oxygen atoms in total. The van der Waals surface area contributed by atoms with E-state index in [1.165, 1.54) is 12.8 Å². The molecule has 2 atom stereocenters. The average Bonchev–Trinajstić information content (AvgIpc) is 1.77. The highest BCUT2D eigenvalue weighted by Crippen LogP contribution is 2.24. The van der Waals surface area contributed by atoms with Gasteiger partial charge in [0.2, 0.25) is 0 Å². The molecule has 0 aromatic carbocycles. The molecule has 0 amide bonds. The molecule has 1 aliphatic rings. The molecule has 0 aromatic rings. The zero-order chi connectivity index (χ0) is 5.98. The van der Waals surface area contributed by atoms with Gasteiger partial charge >= 0.3 is 0 Å². The first-order valence-electron chi connectivity index (χ1n) is 2.70. The third-order valence-electron chi connectivity index (χ3n) is 1.19. The van der Waals surface area contributed by atoms with Crippen LogP contribution in [0, 0.1) is 0 Å². The summed E-state index contributed by atoms with van der Waals surface area (Å²) in [4.78, 5) is 0.510. The summed E-state index contributed by atoms with van der Waals surface area (Å²) in [6, 6.07) is 0. The molecule has 1 fully saturated rings. The molecule has 0 unspecified atom stereocenters. The molecule has 0 aliphatic carbocycles. The fourth-order valence-electron chi connectivity index (χ4n) is 0.710. The molecular weight excluding hydrogens is 236 g/mol. The first-order chi connectivity index (χ1) is 3.80. The van der Waals surface area contributed by atoms with Crippen LogP contribution in [-0.2, 0) is 4.74 Å². The molecule has 8 heavy (non-hydrogen) atoms. The standard InChI is InChI=1S/C5H8Br2O/c6-4-2-1-3-8-5(4)7/h4-5H,1-3H2/t4-,5+/m0/s1. The molecule has 48 valence electrons. The van der Waals surface area contributed by atoms with Crippen LogP contribution in [0.2, 0.25) is 0 Å². The van der Waals surface area contributed by atoms with E-state index in [9.17, 15) is 0 Å². The van der Waals surface area contributed by atoms with E-state index in [4.69, 9.17) is 4.74 Å². The lowest BCUT2D eigenvalue weighted by atomic mass is 10.2. The zero-order valence-corrected chi connectivity index (χ0v) is 7.61. The van der Waals surface area contributed by atoms with Gasteiger partial charge in [-0.05, 0) is 12.8 Å². The fraction of sp³-hybridized carbons (Fsp3) is 1.00. The van der Waals surface area contributed by atoms with Crippen molar-refractivity contribution in [1.82, 2.24) is 0 Å². The second kappa shape index (κ2) is 3.18. The van der Waals surface area contributed by atoms with Gasteiger partial charge in [-0.15, -0.1) is 0 Å². The van der Waals surface area contributed by atoms with Crippen molar-refractivity contribution in [3.05, 3.63) is 0 Å². The van der Waals surface area contributed by atoms with Gasteiger partial charge in [0.05, 0.1) is 4.83 Å². The van der Waals surface area contributed by atoms with Gasteiger partial charge in [0.1, 0.15) is 5.01 Å². The van der Waals surface area contributed by atoms with Crippen LogP contribution in [-0.4, -0.2) is 16.4 Å². The van der Waals surface area contributed by atoms with Gasteiger partial charge in [-0.2, -0.15) is 0 Å². The van der Waals surface area contributed by atoms with Crippen molar-refractivity contribution in [1.29, 1.82) is 0 Å². The Hall–Kier alpha value is 0.920. The van der Waals surface area contributed by atoms with E-state index in [-0.39, 0.29) is 5.01 Å². The highest BCUT2D eigenvalue weighted by molar-refractivity contribution is 9.12. The van der Waals surface area contributed by atoms with Crippen LogP contribution >= 0.6 is 31.9 Å². The summed E-state index contributed by atoms with van der Waals surface area (Å²) >= 11 is 6.87. The summed E-state index contributed by atoms with van der Waals surface area (Å²) in [5.41, 5.74) is 0. The Morgan fingerprint density at radius 3 is 2.50 bits per heavy atom. The lowest BCUT2D eigenvalue weighted by Gasteiger charge is -2.22. The third-order valence-corrected chi connectivity index (χ3v) is 3.74. The maximum absolute atomic E-state index is 5.26. The van der Waals surface area contributed by atoms with Gasteiger partial charge in [-0.3, -0.25) is 0 Å². The summed E-state index contributed by atoms with van der Waals surface area (Å²) in [5, 5.41) is 0.233. The Kier molecular flexibility index (Phi) is 2.80. The van der Waals surface area contributed by atoms with Gasteiger partial charge in [-0.1, -0.05) is 31.9 Å². The molecule has 1 saturated heterocycles. The van der Waals surface area contributed by atoms with Crippen molar-refractivity contribution in [3.8, 4) is 0 Å². The lowest BCUT2D eigenvalue weighted by Crippen LogP contribution is -2.23. The molecule has 0 aromatic heterocycles. The van der Waals surface area contributed by atoms with Crippen molar-refractivity contribution in [2.45, 2.75) is 22.7 Å². The molecular formula is C5H8Br2O. The molecule has 0 saturated carbocycles. The minimum Gasteiger partial charge on any atom is -0.366 e. The lowest BCUT2D eigenvalue weighted by molar-refractivity contribution is 0.0835. The average molecular weight is 244 g/mol. The maximum Gasteiger partial charge on any atom is 0.124 e. The molecule has 0 spiro atoms. The first-order valence-corrected chi connectivity index (χ1v) is 4.53. The number of rotatable bonds is 0. The van der Waals surface area contributed by atoms with Crippen LogP contribution in [0.4, 0.5) is 0 Å². The maximum atomic E-state index is 5.26. The predicted octanol–water partition coefficient (Wildman–Crippen LogP) is 2.28. The minimum atomic E-state index is 0.233. The highest BCUT2D eigenvalue weighted by atomic mass is 79.9. The number of alkyl halides is 2. The summed E-state index contributed by atoms with van der Waals surface area (Å²) in [5.74, 6) is 0. The van der Waals surface area contributed by atoms with E-state index in [1.807, 2.05) is 0 Å². The van der Waals surface area contributed by atoms with Crippen molar-refractivity contribution in [3.63, 3.8) is 0 Å². The summed E-state index contributed by atoms with van der Waals surface area (Å²) in [6.07, 6.45) is 2.40. The highest BCUT2D eigenvalue weighted by Gasteiger charge is 2.19. The van der Waals surface area contributed by atoms with Gasteiger partial charge in [-0.25, -0.2) is 0 Å². The Balaban J connectivity index is 2.28. The second-order valence-corrected chi connectivity index (χ2v) is 3.96. The number of hydrogen-bond donors (Lipinski definition) is 0. The normalized spacial score (nSPS) is 39.8. The van der Waals surface area contributed by atoms with E-state index in [0.717, 1.165) is 6.61 Å². The smallest absolute Gasteiger partial charge is 0.124 e. The SMILES string of the molecule is Br[C@@H]1OCCC[C@@H]1Br. The molecule has 1 aliphatic heterocycles. The van der Waals surface area contributed by atoms with E-state index >= 15 is 0 Å². The minimum absolute atomic E-state index is 0.233. The van der Waals surface area contributed by atoms with E-state index in [0.29, 0.717) is 4.83 Å². The van der Waals surface area contributed by atoms with Crippen molar-refractivity contribution >= 4 is 31.9 Å². The van der Waals surface area contributed by atoms with Crippen molar-refractivity contribution < 1.29 is 4.74 Å². The second-order valence-electron chi connectivity index (χ2n) is 1.88. The quantitative estimate of drug-likeness (QED) is 0.594. The molecule has 0 bridgehead atoms. The Morgan fingerprint density at radius 1 is 1.38 bits per heavy atom. The van der Waals surface area contributed by atoms with Crippen LogP contribution in [0.15, 0.2) is 0 Å². The summed E-state index contributed by atoms with van der Waals surface area (Å²) in [7, 11) is 0. The first kappa shape index (κ1) is 7.03. The molecule has 0 radical (unpaired) electrons. The Bertz CT molecular complexity index is 66.8. The molecule has 3 heteroatoms. The number of halogens is 2. The summed E-state index contributed by atoms with van der Waals surface area (Å²) in [6.45, 7) is 0.901. The number of ether oxygens (including phenoxy) is 1. The molecule has 0 N–H and O–H groups in total. The Labute approximate surface area is 66.0 Å². The van der Waals surface area contributed by atoms with Crippen LogP contribution in [0.5, 0.6) is 0 Å². The van der Waals surface area contributed by atoms with Gasteiger partial charge in [0.15, 0.2) is 0 Å². The van der Waals surface area contributed by atoms with Crippen LogP contribution in [0.1, 0.15) is 12.8 Å². The van der Waals surface area contributed by atoms with E-state index < -0.39 is 0 Å². The van der Waals surface area contributed by atoms with Gasteiger partial charge < -0.3 is 4.74 Å². The summed E-state index contributed by atoms with van der Waals surface area (Å²) < 4.78 is 5.26. The van der Waals surface area contributed by atoms with Gasteiger partial charge in [0, 0.05) is 6.61 Å². The number of hydrogen-bond acceptors (Lipinski definition) is 1. The topological polar surface area (TPSA) is 9.23 Å². The third kappa shape index (κ3) is 1.71. The predicted molar refractivity (Wildman–Crippen MR) is 40.6 cm³/mol. The zero-order valence-electron chi connectivity index (χ0n) is 4.44. The monoisotopic (exact) mass is 242 g/mol.